The van der Waals surface area contributed by atoms with Crippen LogP contribution in [0.1, 0.15) is 42.6 Å². The second-order valence-corrected chi connectivity index (χ2v) is 9.92. The molecule has 3 aromatic rings. The van der Waals surface area contributed by atoms with Gasteiger partial charge in [0.15, 0.2) is 0 Å². The number of carboxylic acid groups (broad SMARTS) is 1. The van der Waals surface area contributed by atoms with Gasteiger partial charge in [-0.05, 0) is 68.8 Å². The standard InChI is InChI=1S/C30H38N6O4/c37-28(21-25-22-31-15-16-32-25)35-27(30(38)39)13-18-36(19-20-40-26-9-2-1-3-10-26)17-5-4-8-24-12-11-23-7-6-14-33-29(23)34-24/h1-3,9-12,15-16,22,27H,4-8,13-14,17-21H2,(H,33,34)(H,35,37)(H,38,39)/t27-/m0/s1. The molecule has 4 rings (SSSR count). The Balaban J connectivity index is 1.27. The van der Waals surface area contributed by atoms with Gasteiger partial charge in [0.05, 0.1) is 12.1 Å². The Hall–Kier alpha value is -4.05. The number of para-hydroxylation sites is 1. The molecule has 0 radical (unpaired) electrons. The fraction of sp³-hybridized carbons (Fsp3) is 0.433. The van der Waals surface area contributed by atoms with Crippen LogP contribution >= 0.6 is 0 Å². The van der Waals surface area contributed by atoms with Crippen molar-refractivity contribution in [2.24, 2.45) is 0 Å². The molecule has 3 N–H and O–H groups in total. The number of rotatable bonds is 16. The smallest absolute Gasteiger partial charge is 0.326 e. The highest BCUT2D eigenvalue weighted by molar-refractivity contribution is 5.84. The summed E-state index contributed by atoms with van der Waals surface area (Å²) in [4.78, 5) is 39.4. The zero-order valence-electron chi connectivity index (χ0n) is 22.8. The first-order valence-corrected chi connectivity index (χ1v) is 14.0. The first kappa shape index (κ1) is 28.9. The first-order valence-electron chi connectivity index (χ1n) is 14.0. The number of hydrogen-bond acceptors (Lipinski definition) is 8. The third-order valence-corrected chi connectivity index (χ3v) is 6.85. The number of unbranched alkanes of at least 4 members (excludes halogenated alkanes) is 1. The molecule has 0 saturated heterocycles. The predicted octanol–water partition coefficient (Wildman–Crippen LogP) is 3.14. The van der Waals surface area contributed by atoms with Crippen molar-refractivity contribution in [1.82, 2.24) is 25.2 Å². The topological polar surface area (TPSA) is 130 Å². The number of carbonyl (C=O) groups is 2. The van der Waals surface area contributed by atoms with Gasteiger partial charge in [0, 0.05) is 43.9 Å². The lowest BCUT2D eigenvalue weighted by Gasteiger charge is -2.24. The molecule has 0 fully saturated rings. The molecule has 212 valence electrons. The average Bonchev–Trinajstić information content (AvgIpc) is 2.97. The van der Waals surface area contributed by atoms with Crippen LogP contribution in [-0.4, -0.2) is 75.7 Å². The number of ether oxygens (including phenoxy) is 1. The number of amides is 1. The third kappa shape index (κ3) is 9.60. The minimum absolute atomic E-state index is 0.0154. The van der Waals surface area contributed by atoms with E-state index in [2.05, 4.69) is 37.6 Å². The van der Waals surface area contributed by atoms with Gasteiger partial charge in [0.1, 0.15) is 24.2 Å². The number of aliphatic carboxylic acids is 1. The van der Waals surface area contributed by atoms with E-state index in [4.69, 9.17) is 9.72 Å². The van der Waals surface area contributed by atoms with Gasteiger partial charge >= 0.3 is 5.97 Å². The third-order valence-electron chi connectivity index (χ3n) is 6.85. The number of carbonyl (C=O) groups excluding carboxylic acids is 1. The van der Waals surface area contributed by atoms with E-state index in [0.29, 0.717) is 25.4 Å². The maximum Gasteiger partial charge on any atom is 0.326 e. The van der Waals surface area contributed by atoms with Gasteiger partial charge in [-0.15, -0.1) is 0 Å². The van der Waals surface area contributed by atoms with Crippen LogP contribution in [0.25, 0.3) is 0 Å². The number of benzene rings is 1. The Morgan fingerprint density at radius 1 is 1.05 bits per heavy atom. The molecular formula is C30H38N6O4. The summed E-state index contributed by atoms with van der Waals surface area (Å²) in [6.07, 6.45) is 9.82. The van der Waals surface area contributed by atoms with E-state index in [1.165, 1.54) is 24.2 Å². The maximum atomic E-state index is 12.4. The molecule has 1 aliphatic rings. The first-order chi connectivity index (χ1) is 19.6. The molecule has 10 nitrogen and oxygen atoms in total. The average molecular weight is 547 g/mol. The van der Waals surface area contributed by atoms with E-state index in [9.17, 15) is 14.7 Å². The van der Waals surface area contributed by atoms with Crippen LogP contribution < -0.4 is 15.4 Å². The number of nitrogens with one attached hydrogen (secondary N) is 2. The van der Waals surface area contributed by atoms with Gasteiger partial charge in [-0.1, -0.05) is 24.3 Å². The number of fused-ring (bicyclic) bond motifs is 1. The zero-order valence-corrected chi connectivity index (χ0v) is 22.8. The molecule has 0 unspecified atom stereocenters. The van der Waals surface area contributed by atoms with Gasteiger partial charge in [0.25, 0.3) is 0 Å². The number of aromatic nitrogens is 3. The zero-order chi connectivity index (χ0) is 28.0. The number of hydrogen-bond donors (Lipinski definition) is 3. The molecule has 1 atom stereocenters. The number of aryl methyl sites for hydroxylation is 2. The number of nitrogens with zero attached hydrogens (tertiary/aromatic N) is 4. The fourth-order valence-electron chi connectivity index (χ4n) is 4.69. The second-order valence-electron chi connectivity index (χ2n) is 9.92. The highest BCUT2D eigenvalue weighted by Crippen LogP contribution is 2.20. The van der Waals surface area contributed by atoms with Crippen molar-refractivity contribution in [2.75, 3.05) is 38.1 Å². The quantitative estimate of drug-likeness (QED) is 0.232. The lowest BCUT2D eigenvalue weighted by atomic mass is 10.1. The largest absolute Gasteiger partial charge is 0.492 e. The molecule has 2 aromatic heterocycles. The van der Waals surface area contributed by atoms with Crippen molar-refractivity contribution in [3.63, 3.8) is 0 Å². The van der Waals surface area contributed by atoms with Crippen LogP contribution in [0.2, 0.25) is 0 Å². The molecule has 1 aliphatic heterocycles. The van der Waals surface area contributed by atoms with Gasteiger partial charge in [-0.2, -0.15) is 0 Å². The molecule has 3 heterocycles. The number of carboxylic acids is 1. The van der Waals surface area contributed by atoms with Crippen molar-refractivity contribution in [2.45, 2.75) is 51.0 Å². The summed E-state index contributed by atoms with van der Waals surface area (Å²) in [5.41, 5.74) is 2.87. The van der Waals surface area contributed by atoms with E-state index in [-0.39, 0.29) is 18.7 Å². The molecule has 0 saturated carbocycles. The van der Waals surface area contributed by atoms with Crippen molar-refractivity contribution in [3.05, 3.63) is 78.0 Å². The molecule has 1 aromatic carbocycles. The Kier molecular flexibility index (Phi) is 11.2. The molecule has 0 aliphatic carbocycles. The number of anilines is 1. The minimum Gasteiger partial charge on any atom is -0.492 e. The monoisotopic (exact) mass is 546 g/mol. The Morgan fingerprint density at radius 2 is 1.93 bits per heavy atom. The van der Waals surface area contributed by atoms with Gasteiger partial charge in [-0.3, -0.25) is 19.7 Å². The highest BCUT2D eigenvalue weighted by atomic mass is 16.5. The lowest BCUT2D eigenvalue weighted by Crippen LogP contribution is -2.44. The van der Waals surface area contributed by atoms with Crippen LogP contribution in [0, 0.1) is 0 Å². The van der Waals surface area contributed by atoms with Crippen LogP contribution in [0.15, 0.2) is 61.1 Å². The summed E-state index contributed by atoms with van der Waals surface area (Å²) in [6.45, 7) is 3.42. The summed E-state index contributed by atoms with van der Waals surface area (Å²) < 4.78 is 5.89. The SMILES string of the molecule is O=C(Cc1cnccn1)N[C@@H](CCN(CCCCc1ccc2c(n1)NCCC2)CCOc1ccccc1)C(=O)O. The Morgan fingerprint density at radius 3 is 2.73 bits per heavy atom. The van der Waals surface area contributed by atoms with E-state index in [1.807, 2.05) is 30.3 Å². The predicted molar refractivity (Wildman–Crippen MR) is 152 cm³/mol. The maximum absolute atomic E-state index is 12.4. The summed E-state index contributed by atoms with van der Waals surface area (Å²) in [5, 5.41) is 15.8. The van der Waals surface area contributed by atoms with Crippen LogP contribution in [0.3, 0.4) is 0 Å². The lowest BCUT2D eigenvalue weighted by molar-refractivity contribution is -0.142. The molecule has 0 bridgehead atoms. The van der Waals surface area contributed by atoms with Crippen LogP contribution in [0.4, 0.5) is 5.82 Å². The Labute approximate surface area is 235 Å². The normalized spacial score (nSPS) is 13.2. The summed E-state index contributed by atoms with van der Waals surface area (Å²) in [6, 6.07) is 12.9. The van der Waals surface area contributed by atoms with Gasteiger partial charge < -0.3 is 20.5 Å². The molecular weight excluding hydrogens is 508 g/mol. The minimum atomic E-state index is -1.06. The molecule has 10 heteroatoms. The summed E-state index contributed by atoms with van der Waals surface area (Å²) in [7, 11) is 0. The number of pyridine rings is 1. The van der Waals surface area contributed by atoms with Crippen LogP contribution in [0.5, 0.6) is 5.75 Å². The Bertz CT molecular complexity index is 1210. The van der Waals surface area contributed by atoms with Crippen molar-refractivity contribution < 1.29 is 19.4 Å². The summed E-state index contributed by atoms with van der Waals surface area (Å²) >= 11 is 0. The van der Waals surface area contributed by atoms with E-state index >= 15 is 0 Å². The summed E-state index contributed by atoms with van der Waals surface area (Å²) in [5.74, 6) is 0.373. The van der Waals surface area contributed by atoms with E-state index in [1.54, 1.807) is 0 Å². The molecule has 1 amide bonds. The van der Waals surface area contributed by atoms with Crippen molar-refractivity contribution in [3.8, 4) is 5.75 Å². The van der Waals surface area contributed by atoms with E-state index in [0.717, 1.165) is 62.5 Å². The van der Waals surface area contributed by atoms with Crippen LogP contribution in [-0.2, 0) is 28.9 Å². The second kappa shape index (κ2) is 15.5. The molecule has 0 spiro atoms. The fourth-order valence-corrected chi connectivity index (χ4v) is 4.69. The van der Waals surface area contributed by atoms with E-state index < -0.39 is 12.0 Å². The van der Waals surface area contributed by atoms with Crippen molar-refractivity contribution >= 4 is 17.7 Å². The van der Waals surface area contributed by atoms with Gasteiger partial charge in [-0.25, -0.2) is 9.78 Å². The van der Waals surface area contributed by atoms with Crippen molar-refractivity contribution in [1.29, 1.82) is 0 Å². The highest BCUT2D eigenvalue weighted by Gasteiger charge is 2.21. The molecule has 40 heavy (non-hydrogen) atoms. The van der Waals surface area contributed by atoms with Gasteiger partial charge in [0.2, 0.25) is 5.91 Å².